The van der Waals surface area contributed by atoms with Gasteiger partial charge in [-0.05, 0) is 31.0 Å². The van der Waals surface area contributed by atoms with E-state index in [-0.39, 0.29) is 11.6 Å². The number of benzene rings is 1. The highest BCUT2D eigenvalue weighted by Gasteiger charge is 2.02. The summed E-state index contributed by atoms with van der Waals surface area (Å²) in [5.74, 6) is -0.0473. The Bertz CT molecular complexity index is 354. The Morgan fingerprint density at radius 2 is 2.27 bits per heavy atom. The number of halogens is 1. The lowest BCUT2D eigenvalue weighted by molar-refractivity contribution is 0.298. The van der Waals surface area contributed by atoms with Crippen LogP contribution >= 0.6 is 12.2 Å². The number of aryl methyl sites for hydroxylation is 1. The molecule has 0 amide bonds. The quantitative estimate of drug-likeness (QED) is 0.620. The highest BCUT2D eigenvalue weighted by Crippen LogP contribution is 2.18. The van der Waals surface area contributed by atoms with Crippen LogP contribution in [0, 0.1) is 12.7 Å². The van der Waals surface area contributed by atoms with Crippen LogP contribution in [-0.2, 0) is 0 Å². The van der Waals surface area contributed by atoms with E-state index in [9.17, 15) is 4.39 Å². The largest absolute Gasteiger partial charge is 0.490 e. The maximum Gasteiger partial charge on any atom is 0.165 e. The van der Waals surface area contributed by atoms with Gasteiger partial charge in [-0.2, -0.15) is 0 Å². The van der Waals surface area contributed by atoms with Crippen molar-refractivity contribution < 1.29 is 9.13 Å². The Balaban J connectivity index is 2.43. The van der Waals surface area contributed by atoms with E-state index >= 15 is 0 Å². The summed E-state index contributed by atoms with van der Waals surface area (Å²) in [6.07, 6.45) is 1.34. The Hall–Kier alpha value is -1.16. The predicted octanol–water partition coefficient (Wildman–Crippen LogP) is 2.58. The summed E-state index contributed by atoms with van der Waals surface area (Å²) in [4.78, 5) is 0.461. The van der Waals surface area contributed by atoms with Gasteiger partial charge in [-0.25, -0.2) is 4.39 Å². The number of rotatable bonds is 5. The molecule has 0 bridgehead atoms. The molecule has 0 saturated carbocycles. The number of thiocarbonyl (C=S) groups is 1. The molecule has 1 aromatic carbocycles. The third kappa shape index (κ3) is 4.25. The summed E-state index contributed by atoms with van der Waals surface area (Å²) < 4.78 is 18.5. The lowest BCUT2D eigenvalue weighted by Gasteiger charge is -2.07. The van der Waals surface area contributed by atoms with Gasteiger partial charge in [0, 0.05) is 6.42 Å². The zero-order valence-electron chi connectivity index (χ0n) is 8.63. The monoisotopic (exact) mass is 227 g/mol. The van der Waals surface area contributed by atoms with Crippen LogP contribution in [0.3, 0.4) is 0 Å². The zero-order chi connectivity index (χ0) is 11.3. The van der Waals surface area contributed by atoms with Crippen LogP contribution in [0.5, 0.6) is 5.75 Å². The summed E-state index contributed by atoms with van der Waals surface area (Å²) in [6, 6.07) is 4.78. The van der Waals surface area contributed by atoms with Crippen LogP contribution < -0.4 is 10.5 Å². The normalized spacial score (nSPS) is 10.0. The summed E-state index contributed by atoms with van der Waals surface area (Å²) in [5.41, 5.74) is 6.30. The maximum absolute atomic E-state index is 13.2. The molecular weight excluding hydrogens is 213 g/mol. The molecule has 1 aromatic rings. The van der Waals surface area contributed by atoms with Crippen LogP contribution in [-0.4, -0.2) is 11.6 Å². The summed E-state index contributed by atoms with van der Waals surface area (Å²) in [7, 11) is 0. The van der Waals surface area contributed by atoms with Gasteiger partial charge in [0.15, 0.2) is 11.6 Å². The first-order valence-electron chi connectivity index (χ1n) is 4.77. The molecule has 15 heavy (non-hydrogen) atoms. The van der Waals surface area contributed by atoms with Gasteiger partial charge < -0.3 is 10.5 Å². The Labute approximate surface area is 94.2 Å². The zero-order valence-corrected chi connectivity index (χ0v) is 9.44. The topological polar surface area (TPSA) is 35.2 Å². The molecule has 0 aromatic heterocycles. The Kier molecular flexibility index (Phi) is 4.49. The Morgan fingerprint density at radius 3 is 2.93 bits per heavy atom. The van der Waals surface area contributed by atoms with Gasteiger partial charge in [0.25, 0.3) is 0 Å². The van der Waals surface area contributed by atoms with Crippen molar-refractivity contribution in [2.75, 3.05) is 6.61 Å². The minimum atomic E-state index is -0.337. The van der Waals surface area contributed by atoms with Crippen molar-refractivity contribution >= 4 is 17.2 Å². The number of hydrogen-bond acceptors (Lipinski definition) is 2. The average molecular weight is 227 g/mol. The average Bonchev–Trinajstić information content (AvgIpc) is 2.17. The fraction of sp³-hybridized carbons (Fsp3) is 0.364. The van der Waals surface area contributed by atoms with E-state index in [4.69, 9.17) is 22.7 Å². The van der Waals surface area contributed by atoms with Gasteiger partial charge >= 0.3 is 0 Å². The van der Waals surface area contributed by atoms with Crippen molar-refractivity contribution in [3.63, 3.8) is 0 Å². The predicted molar refractivity (Wildman–Crippen MR) is 62.7 cm³/mol. The van der Waals surface area contributed by atoms with E-state index < -0.39 is 0 Å². The molecular formula is C11H14FNOS. The highest BCUT2D eigenvalue weighted by atomic mass is 32.1. The summed E-state index contributed by atoms with van der Waals surface area (Å²) in [6.45, 7) is 2.32. The van der Waals surface area contributed by atoms with Crippen LogP contribution in [0.1, 0.15) is 18.4 Å². The molecule has 1 rings (SSSR count). The van der Waals surface area contributed by atoms with E-state index in [1.165, 1.54) is 6.07 Å². The van der Waals surface area contributed by atoms with E-state index in [1.807, 2.05) is 6.92 Å². The molecule has 0 fully saturated rings. The van der Waals surface area contributed by atoms with Gasteiger partial charge in [-0.15, -0.1) is 0 Å². The van der Waals surface area contributed by atoms with E-state index in [0.717, 1.165) is 5.56 Å². The molecule has 4 heteroatoms. The molecule has 0 unspecified atom stereocenters. The second-order valence-electron chi connectivity index (χ2n) is 3.35. The smallest absolute Gasteiger partial charge is 0.165 e. The van der Waals surface area contributed by atoms with Crippen molar-refractivity contribution in [3.05, 3.63) is 29.6 Å². The number of ether oxygens (including phenoxy) is 1. The van der Waals surface area contributed by atoms with Crippen molar-refractivity contribution in [1.29, 1.82) is 0 Å². The van der Waals surface area contributed by atoms with E-state index in [1.54, 1.807) is 12.1 Å². The van der Waals surface area contributed by atoms with E-state index in [0.29, 0.717) is 24.4 Å². The van der Waals surface area contributed by atoms with Crippen LogP contribution in [0.2, 0.25) is 0 Å². The third-order valence-corrected chi connectivity index (χ3v) is 2.12. The van der Waals surface area contributed by atoms with Crippen molar-refractivity contribution in [2.24, 2.45) is 5.73 Å². The molecule has 0 heterocycles. The van der Waals surface area contributed by atoms with Crippen molar-refractivity contribution in [2.45, 2.75) is 19.8 Å². The minimum Gasteiger partial charge on any atom is -0.490 e. The van der Waals surface area contributed by atoms with Gasteiger partial charge in [-0.1, -0.05) is 18.3 Å². The molecule has 82 valence electrons. The minimum absolute atomic E-state index is 0.290. The molecule has 0 aliphatic rings. The van der Waals surface area contributed by atoms with Gasteiger partial charge in [-0.3, -0.25) is 0 Å². The van der Waals surface area contributed by atoms with Gasteiger partial charge in [0.2, 0.25) is 0 Å². The van der Waals surface area contributed by atoms with Crippen LogP contribution in [0.25, 0.3) is 0 Å². The van der Waals surface area contributed by atoms with Gasteiger partial charge in [0.05, 0.1) is 11.6 Å². The van der Waals surface area contributed by atoms with Gasteiger partial charge in [0.1, 0.15) is 0 Å². The number of nitrogens with two attached hydrogens (primary N) is 1. The van der Waals surface area contributed by atoms with Crippen LogP contribution in [0.4, 0.5) is 4.39 Å². The molecule has 0 spiro atoms. The first-order chi connectivity index (χ1) is 7.09. The molecule has 0 aliphatic heterocycles. The Morgan fingerprint density at radius 1 is 1.53 bits per heavy atom. The summed E-state index contributed by atoms with van der Waals surface area (Å²) in [5, 5.41) is 0. The fourth-order valence-electron chi connectivity index (χ4n) is 1.15. The standard InChI is InChI=1S/C11H14FNOS/c1-8-4-5-9(12)10(7-8)14-6-2-3-11(13)15/h4-5,7H,2-3,6H2,1H3,(H2,13,15). The first-order valence-corrected chi connectivity index (χ1v) is 5.17. The molecule has 2 nitrogen and oxygen atoms in total. The van der Waals surface area contributed by atoms with E-state index in [2.05, 4.69) is 0 Å². The summed E-state index contributed by atoms with van der Waals surface area (Å²) >= 11 is 4.72. The first kappa shape index (κ1) is 11.9. The third-order valence-electron chi connectivity index (χ3n) is 1.91. The molecule has 0 radical (unpaired) electrons. The fourth-order valence-corrected chi connectivity index (χ4v) is 1.29. The second-order valence-corrected chi connectivity index (χ2v) is 3.88. The lowest BCUT2D eigenvalue weighted by atomic mass is 10.2. The van der Waals surface area contributed by atoms with Crippen molar-refractivity contribution in [1.82, 2.24) is 0 Å². The second kappa shape index (κ2) is 5.66. The number of hydrogen-bond donors (Lipinski definition) is 1. The molecule has 0 saturated heterocycles. The maximum atomic E-state index is 13.2. The van der Waals surface area contributed by atoms with Crippen molar-refractivity contribution in [3.8, 4) is 5.75 Å². The molecule has 0 aliphatic carbocycles. The lowest BCUT2D eigenvalue weighted by Crippen LogP contribution is -2.09. The molecule has 2 N–H and O–H groups in total. The SMILES string of the molecule is Cc1ccc(F)c(OCCCC(N)=S)c1. The molecule has 0 atom stereocenters. The van der Waals surface area contributed by atoms with Crippen LogP contribution in [0.15, 0.2) is 18.2 Å². The highest BCUT2D eigenvalue weighted by molar-refractivity contribution is 7.80.